The zero-order valence-electron chi connectivity index (χ0n) is 8.53. The Bertz CT molecular complexity index is 349. The van der Waals surface area contributed by atoms with Crippen molar-refractivity contribution in [2.45, 2.75) is 13.8 Å². The molecule has 2 aromatic carbocycles. The molecule has 0 amide bonds. The van der Waals surface area contributed by atoms with Gasteiger partial charge in [0.1, 0.15) is 5.78 Å². The normalized spacial score (nSPS) is 9.00. The molecule has 0 saturated carbocycles. The Kier molecular flexibility index (Phi) is 3.86. The molecule has 0 spiro atoms. The van der Waals surface area contributed by atoms with E-state index in [1.807, 2.05) is 0 Å². The Morgan fingerprint density at radius 3 is 1.21 bits per heavy atom. The molecule has 0 heterocycles. The van der Waals surface area contributed by atoms with Gasteiger partial charge in [0.25, 0.3) is 0 Å². The maximum absolute atomic E-state index is 9.44. The van der Waals surface area contributed by atoms with Crippen molar-refractivity contribution in [3.05, 3.63) is 48.5 Å². The predicted molar refractivity (Wildman–Crippen MR) is 60.3 cm³/mol. The molecule has 0 saturated heterocycles. The molecular formula is C13H14O. The van der Waals surface area contributed by atoms with Crippen LogP contribution in [0.2, 0.25) is 0 Å². The van der Waals surface area contributed by atoms with E-state index in [0.29, 0.717) is 0 Å². The van der Waals surface area contributed by atoms with Crippen LogP contribution in [-0.4, -0.2) is 5.78 Å². The molecule has 0 radical (unpaired) electrons. The van der Waals surface area contributed by atoms with Crippen molar-refractivity contribution in [3.8, 4) is 0 Å². The third-order valence-corrected chi connectivity index (χ3v) is 1.66. The first-order valence-corrected chi connectivity index (χ1v) is 4.61. The topological polar surface area (TPSA) is 17.1 Å². The lowest BCUT2D eigenvalue weighted by Crippen LogP contribution is -1.69. The number of ketones is 1. The molecule has 2 aromatic rings. The van der Waals surface area contributed by atoms with Gasteiger partial charge in [0, 0.05) is 0 Å². The molecule has 0 aliphatic carbocycles. The Morgan fingerprint density at radius 2 is 1.00 bits per heavy atom. The van der Waals surface area contributed by atoms with Crippen molar-refractivity contribution in [2.75, 3.05) is 0 Å². The van der Waals surface area contributed by atoms with E-state index in [1.165, 1.54) is 24.6 Å². The zero-order valence-corrected chi connectivity index (χ0v) is 8.53. The fraction of sp³-hybridized carbons (Fsp3) is 0.154. The summed E-state index contributed by atoms with van der Waals surface area (Å²) in [5.41, 5.74) is 0. The van der Waals surface area contributed by atoms with Crippen LogP contribution in [0.15, 0.2) is 48.5 Å². The van der Waals surface area contributed by atoms with E-state index >= 15 is 0 Å². The van der Waals surface area contributed by atoms with Gasteiger partial charge in [0.15, 0.2) is 0 Å². The van der Waals surface area contributed by atoms with Crippen LogP contribution >= 0.6 is 0 Å². The summed E-state index contributed by atoms with van der Waals surface area (Å²) in [6, 6.07) is 16.7. The van der Waals surface area contributed by atoms with Crippen molar-refractivity contribution in [1.29, 1.82) is 0 Å². The number of carbonyl (C=O) groups is 1. The van der Waals surface area contributed by atoms with E-state index in [4.69, 9.17) is 0 Å². The molecular weight excluding hydrogens is 172 g/mol. The second-order valence-electron chi connectivity index (χ2n) is 3.26. The molecule has 0 fully saturated rings. The molecule has 0 bridgehead atoms. The second-order valence-corrected chi connectivity index (χ2v) is 3.26. The van der Waals surface area contributed by atoms with E-state index in [0.717, 1.165) is 0 Å². The van der Waals surface area contributed by atoms with Crippen LogP contribution < -0.4 is 0 Å². The van der Waals surface area contributed by atoms with E-state index < -0.39 is 0 Å². The largest absolute Gasteiger partial charge is 0.300 e. The number of Topliss-reactive ketones (excluding diaryl/α,β-unsaturated/α-hetero) is 1. The van der Waals surface area contributed by atoms with Crippen molar-refractivity contribution in [2.24, 2.45) is 0 Å². The van der Waals surface area contributed by atoms with Gasteiger partial charge in [0.05, 0.1) is 0 Å². The molecule has 2 rings (SSSR count). The van der Waals surface area contributed by atoms with Gasteiger partial charge >= 0.3 is 0 Å². The van der Waals surface area contributed by atoms with E-state index in [1.54, 1.807) is 0 Å². The van der Waals surface area contributed by atoms with E-state index in [2.05, 4.69) is 48.5 Å². The maximum Gasteiger partial charge on any atom is 0.126 e. The highest BCUT2D eigenvalue weighted by atomic mass is 16.1. The quantitative estimate of drug-likeness (QED) is 0.616. The molecule has 72 valence electrons. The first-order chi connectivity index (χ1) is 6.70. The van der Waals surface area contributed by atoms with Crippen molar-refractivity contribution in [1.82, 2.24) is 0 Å². The summed E-state index contributed by atoms with van der Waals surface area (Å²) in [4.78, 5) is 9.44. The summed E-state index contributed by atoms with van der Waals surface area (Å²) in [6.45, 7) is 3.06. The van der Waals surface area contributed by atoms with Crippen LogP contribution in [0.5, 0.6) is 0 Å². The third-order valence-electron chi connectivity index (χ3n) is 1.66. The molecule has 1 heteroatoms. The Labute approximate surface area is 84.4 Å². The van der Waals surface area contributed by atoms with Crippen molar-refractivity contribution >= 4 is 16.6 Å². The maximum atomic E-state index is 9.44. The lowest BCUT2D eigenvalue weighted by molar-refractivity contribution is -0.114. The molecule has 0 unspecified atom stereocenters. The monoisotopic (exact) mass is 186 g/mol. The molecule has 0 atom stereocenters. The van der Waals surface area contributed by atoms with Gasteiger partial charge < -0.3 is 4.79 Å². The molecule has 0 aliphatic heterocycles. The smallest absolute Gasteiger partial charge is 0.126 e. The van der Waals surface area contributed by atoms with Gasteiger partial charge in [-0.3, -0.25) is 0 Å². The summed E-state index contributed by atoms with van der Waals surface area (Å²) >= 11 is 0. The molecule has 1 nitrogen and oxygen atoms in total. The van der Waals surface area contributed by atoms with Crippen LogP contribution in [0, 0.1) is 0 Å². The average molecular weight is 186 g/mol. The lowest BCUT2D eigenvalue weighted by Gasteiger charge is -1.92. The van der Waals surface area contributed by atoms with Crippen LogP contribution in [-0.2, 0) is 4.79 Å². The van der Waals surface area contributed by atoms with E-state index in [-0.39, 0.29) is 5.78 Å². The first kappa shape index (κ1) is 10.5. The average Bonchev–Trinajstić information content (AvgIpc) is 2.17. The van der Waals surface area contributed by atoms with Crippen molar-refractivity contribution in [3.63, 3.8) is 0 Å². The van der Waals surface area contributed by atoms with Crippen molar-refractivity contribution < 1.29 is 4.79 Å². The minimum Gasteiger partial charge on any atom is -0.300 e. The standard InChI is InChI=1S/C10H8.C3H6O/c1-2-6-10-8-4-3-7-9(10)5-1;1-3(2)4/h1-8H;1-2H3. The van der Waals surface area contributed by atoms with Gasteiger partial charge in [-0.15, -0.1) is 0 Å². The molecule has 0 aliphatic rings. The van der Waals surface area contributed by atoms with Crippen LogP contribution in [0.1, 0.15) is 13.8 Å². The number of carbonyl (C=O) groups excluding carboxylic acids is 1. The summed E-state index contributed by atoms with van der Waals surface area (Å²) in [6.07, 6.45) is 0. The fourth-order valence-corrected chi connectivity index (χ4v) is 1.13. The Hall–Kier alpha value is -1.63. The van der Waals surface area contributed by atoms with Gasteiger partial charge in [0.2, 0.25) is 0 Å². The Morgan fingerprint density at radius 1 is 0.786 bits per heavy atom. The fourth-order valence-electron chi connectivity index (χ4n) is 1.13. The van der Waals surface area contributed by atoms with Crippen LogP contribution in [0.4, 0.5) is 0 Å². The SMILES string of the molecule is CC(C)=O.c1ccc2ccccc2c1. The second kappa shape index (κ2) is 5.18. The summed E-state index contributed by atoms with van der Waals surface area (Å²) < 4.78 is 0. The molecule has 14 heavy (non-hydrogen) atoms. The minimum absolute atomic E-state index is 0.167. The van der Waals surface area contributed by atoms with E-state index in [9.17, 15) is 4.79 Å². The number of fused-ring (bicyclic) bond motifs is 1. The highest BCUT2D eigenvalue weighted by Crippen LogP contribution is 2.11. The van der Waals surface area contributed by atoms with Crippen LogP contribution in [0.25, 0.3) is 10.8 Å². The summed E-state index contributed by atoms with van der Waals surface area (Å²) in [5.74, 6) is 0.167. The number of hydrogen-bond acceptors (Lipinski definition) is 1. The molecule has 0 N–H and O–H groups in total. The lowest BCUT2D eigenvalue weighted by atomic mass is 10.1. The van der Waals surface area contributed by atoms with Crippen LogP contribution in [0.3, 0.4) is 0 Å². The first-order valence-electron chi connectivity index (χ1n) is 4.61. The number of benzene rings is 2. The predicted octanol–water partition coefficient (Wildman–Crippen LogP) is 3.44. The number of hydrogen-bond donors (Lipinski definition) is 0. The highest BCUT2D eigenvalue weighted by molar-refractivity contribution is 5.82. The molecule has 0 aromatic heterocycles. The van der Waals surface area contributed by atoms with Gasteiger partial charge in [-0.25, -0.2) is 0 Å². The van der Waals surface area contributed by atoms with Gasteiger partial charge in [-0.05, 0) is 24.6 Å². The summed E-state index contributed by atoms with van der Waals surface area (Å²) in [5, 5.41) is 2.62. The third kappa shape index (κ3) is 3.40. The van der Waals surface area contributed by atoms with Gasteiger partial charge in [-0.2, -0.15) is 0 Å². The zero-order chi connectivity index (χ0) is 10.4. The summed E-state index contributed by atoms with van der Waals surface area (Å²) in [7, 11) is 0. The Balaban J connectivity index is 0.000000213. The highest BCUT2D eigenvalue weighted by Gasteiger charge is 1.85. The number of rotatable bonds is 0. The van der Waals surface area contributed by atoms with Gasteiger partial charge in [-0.1, -0.05) is 48.5 Å². The minimum atomic E-state index is 0.167.